The van der Waals surface area contributed by atoms with Crippen LogP contribution in [0.15, 0.2) is 36.5 Å². The maximum atomic E-state index is 12.8. The Morgan fingerprint density at radius 1 is 0.552 bits per heavy atom. The first kappa shape index (κ1) is 54.4. The highest BCUT2D eigenvalue weighted by Gasteiger charge is 2.44. The predicted octanol–water partition coefficient (Wildman–Crippen LogP) is 11.1. The van der Waals surface area contributed by atoms with Gasteiger partial charge in [0.25, 0.3) is 0 Å². The number of rotatable bonds is 41. The molecule has 0 aliphatic carbocycles. The fourth-order valence-corrected chi connectivity index (χ4v) is 7.22. The maximum absolute atomic E-state index is 12.8. The average Bonchev–Trinajstić information content (AvgIpc) is 3.22. The molecule has 6 atom stereocenters. The molecule has 1 rings (SSSR count). The number of aliphatic hydroxyl groups is 4. The van der Waals surface area contributed by atoms with Gasteiger partial charge in [0.15, 0.2) is 6.29 Å². The summed E-state index contributed by atoms with van der Waals surface area (Å²) in [6.07, 6.45) is 41.7. The first-order chi connectivity index (χ1) is 28.4. The van der Waals surface area contributed by atoms with Crippen molar-refractivity contribution in [2.24, 2.45) is 0 Å². The summed E-state index contributed by atoms with van der Waals surface area (Å²) in [5, 5.41) is 40.2. The zero-order valence-electron chi connectivity index (χ0n) is 37.3. The van der Waals surface area contributed by atoms with E-state index < -0.39 is 43.4 Å². The Balaban J connectivity index is 2.25. The summed E-state index contributed by atoms with van der Waals surface area (Å²) < 4.78 is 22.8. The highest BCUT2D eigenvalue weighted by molar-refractivity contribution is 5.69. The molecule has 1 fully saturated rings. The van der Waals surface area contributed by atoms with Crippen LogP contribution in [0.3, 0.4) is 0 Å². The van der Waals surface area contributed by atoms with Crippen molar-refractivity contribution >= 4 is 5.97 Å². The molecule has 1 heterocycles. The lowest BCUT2D eigenvalue weighted by Crippen LogP contribution is -2.59. The molecule has 0 radical (unpaired) electrons. The zero-order valence-corrected chi connectivity index (χ0v) is 37.3. The van der Waals surface area contributed by atoms with Crippen molar-refractivity contribution in [3.63, 3.8) is 0 Å². The number of carbonyl (C=O) groups excluding carboxylic acids is 1. The highest BCUT2D eigenvalue weighted by Crippen LogP contribution is 2.22. The molecule has 0 saturated carbocycles. The van der Waals surface area contributed by atoms with Gasteiger partial charge >= 0.3 is 5.97 Å². The quantitative estimate of drug-likeness (QED) is 0.0270. The molecule has 1 aliphatic rings. The van der Waals surface area contributed by atoms with Crippen LogP contribution in [0.2, 0.25) is 0 Å². The molecular formula is C49H90O9. The number of esters is 1. The minimum absolute atomic E-state index is 0.119. The van der Waals surface area contributed by atoms with E-state index in [9.17, 15) is 25.2 Å². The molecule has 340 valence electrons. The normalized spacial score (nSPS) is 20.6. The Labute approximate surface area is 355 Å². The number of ether oxygens (including phenoxy) is 4. The third kappa shape index (κ3) is 31.3. The van der Waals surface area contributed by atoms with Crippen molar-refractivity contribution in [1.82, 2.24) is 0 Å². The molecule has 0 bridgehead atoms. The second-order valence-electron chi connectivity index (χ2n) is 16.6. The van der Waals surface area contributed by atoms with E-state index in [1.807, 2.05) is 0 Å². The van der Waals surface area contributed by atoms with E-state index >= 15 is 0 Å². The first-order valence-corrected chi connectivity index (χ1v) is 24.1. The lowest BCUT2D eigenvalue weighted by atomic mass is 9.99. The largest absolute Gasteiger partial charge is 0.457 e. The van der Waals surface area contributed by atoms with Crippen molar-refractivity contribution in [3.05, 3.63) is 36.5 Å². The molecule has 58 heavy (non-hydrogen) atoms. The van der Waals surface area contributed by atoms with Gasteiger partial charge in [-0.1, -0.05) is 166 Å². The van der Waals surface area contributed by atoms with Crippen LogP contribution in [0.5, 0.6) is 0 Å². The Kier molecular flexibility index (Phi) is 38.3. The number of unbranched alkanes of at least 4 members (excludes halogenated alkanes) is 24. The van der Waals surface area contributed by atoms with E-state index in [4.69, 9.17) is 18.9 Å². The monoisotopic (exact) mass is 823 g/mol. The topological polar surface area (TPSA) is 135 Å². The van der Waals surface area contributed by atoms with Crippen LogP contribution < -0.4 is 0 Å². The summed E-state index contributed by atoms with van der Waals surface area (Å²) in [7, 11) is 0. The molecule has 1 saturated heterocycles. The lowest BCUT2D eigenvalue weighted by molar-refractivity contribution is -0.305. The molecule has 1 aliphatic heterocycles. The van der Waals surface area contributed by atoms with Crippen molar-refractivity contribution < 1.29 is 44.2 Å². The van der Waals surface area contributed by atoms with Gasteiger partial charge in [-0.05, 0) is 70.6 Å². The fourth-order valence-electron chi connectivity index (χ4n) is 7.22. The number of hydrogen-bond acceptors (Lipinski definition) is 9. The fraction of sp³-hybridized carbons (Fsp3) is 0.857. The van der Waals surface area contributed by atoms with Gasteiger partial charge in [0, 0.05) is 13.0 Å². The maximum Gasteiger partial charge on any atom is 0.306 e. The summed E-state index contributed by atoms with van der Waals surface area (Å²) >= 11 is 0. The number of aliphatic hydroxyl groups excluding tert-OH is 4. The minimum Gasteiger partial charge on any atom is -0.457 e. The van der Waals surface area contributed by atoms with Crippen LogP contribution in [-0.2, 0) is 23.7 Å². The van der Waals surface area contributed by atoms with Gasteiger partial charge in [-0.2, -0.15) is 0 Å². The molecule has 6 unspecified atom stereocenters. The van der Waals surface area contributed by atoms with Crippen LogP contribution in [0.4, 0.5) is 0 Å². The van der Waals surface area contributed by atoms with Crippen LogP contribution >= 0.6 is 0 Å². The summed E-state index contributed by atoms with van der Waals surface area (Å²) in [6.45, 7) is 4.53. The van der Waals surface area contributed by atoms with E-state index in [1.54, 1.807) is 0 Å². The SMILES string of the molecule is CCCCCC/C=C\C/C=C\CCCCCCCCOCC(COC1OC(CO)C(O)C(O)C1O)OC(=O)CCCCCCCCC/C=C\CCCCCCCCC. The second-order valence-corrected chi connectivity index (χ2v) is 16.6. The predicted molar refractivity (Wildman–Crippen MR) is 238 cm³/mol. The number of carbonyl (C=O) groups is 1. The highest BCUT2D eigenvalue weighted by atomic mass is 16.7. The Hall–Kier alpha value is -1.59. The molecule has 0 aromatic carbocycles. The van der Waals surface area contributed by atoms with Gasteiger partial charge in [-0.15, -0.1) is 0 Å². The average molecular weight is 823 g/mol. The summed E-state index contributed by atoms with van der Waals surface area (Å²) in [6, 6.07) is 0. The summed E-state index contributed by atoms with van der Waals surface area (Å²) in [5.41, 5.74) is 0. The Morgan fingerprint density at radius 2 is 1.00 bits per heavy atom. The Bertz CT molecular complexity index is 983. The van der Waals surface area contributed by atoms with Crippen molar-refractivity contribution in [2.75, 3.05) is 26.4 Å². The summed E-state index contributed by atoms with van der Waals surface area (Å²) in [5.74, 6) is -0.321. The van der Waals surface area contributed by atoms with Crippen LogP contribution in [0, 0.1) is 0 Å². The van der Waals surface area contributed by atoms with Gasteiger partial charge in [0.2, 0.25) is 0 Å². The molecular weight excluding hydrogens is 733 g/mol. The van der Waals surface area contributed by atoms with Crippen molar-refractivity contribution in [1.29, 1.82) is 0 Å². The number of allylic oxidation sites excluding steroid dienone is 6. The van der Waals surface area contributed by atoms with E-state index in [2.05, 4.69) is 50.3 Å². The number of hydrogen-bond donors (Lipinski definition) is 4. The molecule has 0 aromatic rings. The van der Waals surface area contributed by atoms with Gasteiger partial charge < -0.3 is 39.4 Å². The van der Waals surface area contributed by atoms with Crippen molar-refractivity contribution in [3.8, 4) is 0 Å². The van der Waals surface area contributed by atoms with E-state index in [-0.39, 0.29) is 19.2 Å². The zero-order chi connectivity index (χ0) is 42.2. The first-order valence-electron chi connectivity index (χ1n) is 24.1. The smallest absolute Gasteiger partial charge is 0.306 e. The second kappa shape index (κ2) is 40.8. The minimum atomic E-state index is -1.54. The van der Waals surface area contributed by atoms with Gasteiger partial charge in [0.1, 0.15) is 30.5 Å². The van der Waals surface area contributed by atoms with Crippen molar-refractivity contribution in [2.45, 2.75) is 243 Å². The van der Waals surface area contributed by atoms with Crippen LogP contribution in [0.1, 0.15) is 206 Å². The standard InChI is InChI=1S/C49H90O9/c1-3-5-7-9-11-13-15-17-19-21-22-24-26-28-30-32-34-36-38-45(51)57-43(42-56-49-48(54)47(53)46(52)44(40-50)58-49)41-55-39-37-35-33-31-29-27-25-23-20-18-16-14-12-10-8-6-4-2/h14,16,19-21,23,43-44,46-50,52-54H,3-13,15,17-18,22,24-42H2,1-2H3/b16-14-,21-19-,23-20-. The molecule has 0 spiro atoms. The molecule has 0 aromatic heterocycles. The summed E-state index contributed by atoms with van der Waals surface area (Å²) in [4.78, 5) is 12.8. The molecule has 0 amide bonds. The molecule has 9 nitrogen and oxygen atoms in total. The van der Waals surface area contributed by atoms with E-state index in [0.29, 0.717) is 13.0 Å². The van der Waals surface area contributed by atoms with Gasteiger partial charge in [-0.25, -0.2) is 0 Å². The van der Waals surface area contributed by atoms with Gasteiger partial charge in [-0.3, -0.25) is 4.79 Å². The van der Waals surface area contributed by atoms with Gasteiger partial charge in [0.05, 0.1) is 19.8 Å². The van der Waals surface area contributed by atoms with Crippen LogP contribution in [-0.4, -0.2) is 89.6 Å². The molecule has 4 N–H and O–H groups in total. The lowest BCUT2D eigenvalue weighted by Gasteiger charge is -2.39. The third-order valence-corrected chi connectivity index (χ3v) is 11.0. The van der Waals surface area contributed by atoms with E-state index in [1.165, 1.54) is 135 Å². The van der Waals surface area contributed by atoms with Crippen LogP contribution in [0.25, 0.3) is 0 Å². The molecule has 9 heteroatoms. The third-order valence-electron chi connectivity index (χ3n) is 11.0. The Morgan fingerprint density at radius 3 is 1.52 bits per heavy atom. The van der Waals surface area contributed by atoms with E-state index in [0.717, 1.165) is 51.4 Å².